The number of halogens is 1. The van der Waals surface area contributed by atoms with Crippen LogP contribution in [0.5, 0.6) is 0 Å². The first kappa shape index (κ1) is 13.1. The number of anilines is 2. The lowest BCUT2D eigenvalue weighted by Gasteiger charge is -2.07. The van der Waals surface area contributed by atoms with E-state index in [1.165, 1.54) is 0 Å². The number of nitrogens with one attached hydrogen (secondary N) is 2. The molecule has 0 aliphatic rings. The second-order valence-electron chi connectivity index (χ2n) is 3.80. The van der Waals surface area contributed by atoms with Crippen molar-refractivity contribution in [2.45, 2.75) is 0 Å². The molecule has 2 aromatic carbocycles. The molecule has 96 valence electrons. The van der Waals surface area contributed by atoms with Crippen molar-refractivity contribution in [3.05, 3.63) is 59.1 Å². The third kappa shape index (κ3) is 3.56. The summed E-state index contributed by atoms with van der Waals surface area (Å²) < 4.78 is 0. The molecule has 2 aromatic rings. The normalized spacial score (nSPS) is 9.74. The lowest BCUT2D eigenvalue weighted by Crippen LogP contribution is -2.11. The highest BCUT2D eigenvalue weighted by atomic mass is 35.5. The highest BCUT2D eigenvalue weighted by Gasteiger charge is 2.06. The number of carbonyl (C=O) groups excluding carboxylic acids is 2. The van der Waals surface area contributed by atoms with Gasteiger partial charge in [-0.2, -0.15) is 0 Å². The van der Waals surface area contributed by atoms with Crippen LogP contribution in [-0.4, -0.2) is 12.3 Å². The molecule has 0 saturated heterocycles. The SMILES string of the molecule is O=CNc1cccc(NC(=O)c2ccc(Cl)cc2)c1. The van der Waals surface area contributed by atoms with Gasteiger partial charge in [0.2, 0.25) is 6.41 Å². The zero-order chi connectivity index (χ0) is 13.7. The maximum atomic E-state index is 12.0. The summed E-state index contributed by atoms with van der Waals surface area (Å²) >= 11 is 5.76. The fourth-order valence-electron chi connectivity index (χ4n) is 1.56. The molecule has 0 fully saturated rings. The smallest absolute Gasteiger partial charge is 0.255 e. The Labute approximate surface area is 115 Å². The van der Waals surface area contributed by atoms with Gasteiger partial charge in [-0.05, 0) is 42.5 Å². The third-order valence-corrected chi connectivity index (χ3v) is 2.70. The quantitative estimate of drug-likeness (QED) is 0.842. The van der Waals surface area contributed by atoms with Crippen LogP contribution >= 0.6 is 11.6 Å². The van der Waals surface area contributed by atoms with E-state index in [-0.39, 0.29) is 5.91 Å². The molecule has 0 atom stereocenters. The Morgan fingerprint density at radius 2 is 1.74 bits per heavy atom. The van der Waals surface area contributed by atoms with Gasteiger partial charge in [0.15, 0.2) is 0 Å². The number of benzene rings is 2. The minimum atomic E-state index is -0.236. The second kappa shape index (κ2) is 6.02. The molecule has 0 aromatic heterocycles. The molecule has 5 heteroatoms. The molecule has 2 rings (SSSR count). The van der Waals surface area contributed by atoms with Crippen LogP contribution in [0.15, 0.2) is 48.5 Å². The van der Waals surface area contributed by atoms with Crippen LogP contribution in [0, 0.1) is 0 Å². The molecular formula is C14H11ClN2O2. The Kier molecular flexibility index (Phi) is 4.15. The molecule has 0 heterocycles. The molecule has 2 N–H and O–H groups in total. The van der Waals surface area contributed by atoms with E-state index < -0.39 is 0 Å². The molecule has 0 aliphatic heterocycles. The Balaban J connectivity index is 2.12. The van der Waals surface area contributed by atoms with Crippen molar-refractivity contribution in [1.29, 1.82) is 0 Å². The van der Waals surface area contributed by atoms with Gasteiger partial charge in [0, 0.05) is 22.0 Å². The molecular weight excluding hydrogens is 264 g/mol. The predicted molar refractivity (Wildman–Crippen MR) is 75.5 cm³/mol. The summed E-state index contributed by atoms with van der Waals surface area (Å²) in [5.74, 6) is -0.236. The Hall–Kier alpha value is -2.33. The number of hydrogen-bond donors (Lipinski definition) is 2. The third-order valence-electron chi connectivity index (χ3n) is 2.45. The first-order chi connectivity index (χ1) is 9.19. The summed E-state index contributed by atoms with van der Waals surface area (Å²) in [6.07, 6.45) is 0.583. The largest absolute Gasteiger partial charge is 0.329 e. The van der Waals surface area contributed by atoms with Gasteiger partial charge in [-0.15, -0.1) is 0 Å². The summed E-state index contributed by atoms with van der Waals surface area (Å²) in [5, 5.41) is 5.84. The minimum Gasteiger partial charge on any atom is -0.329 e. The molecule has 0 unspecified atom stereocenters. The zero-order valence-corrected chi connectivity index (χ0v) is 10.6. The van der Waals surface area contributed by atoms with E-state index >= 15 is 0 Å². The molecule has 0 radical (unpaired) electrons. The number of hydrogen-bond acceptors (Lipinski definition) is 2. The van der Waals surface area contributed by atoms with Crippen LogP contribution in [0.25, 0.3) is 0 Å². The first-order valence-corrected chi connectivity index (χ1v) is 5.94. The van der Waals surface area contributed by atoms with Crippen LogP contribution in [0.2, 0.25) is 5.02 Å². The fourth-order valence-corrected chi connectivity index (χ4v) is 1.69. The Morgan fingerprint density at radius 3 is 2.42 bits per heavy atom. The standard InChI is InChI=1S/C14H11ClN2O2/c15-11-6-4-10(5-7-11)14(19)17-13-3-1-2-12(8-13)16-9-18/h1-9H,(H,16,18)(H,17,19). The van der Waals surface area contributed by atoms with Crippen molar-refractivity contribution in [1.82, 2.24) is 0 Å². The van der Waals surface area contributed by atoms with Gasteiger partial charge in [0.05, 0.1) is 0 Å². The van der Waals surface area contributed by atoms with Crippen molar-refractivity contribution in [3.8, 4) is 0 Å². The Bertz CT molecular complexity index is 597. The van der Waals surface area contributed by atoms with E-state index in [0.29, 0.717) is 28.4 Å². The van der Waals surface area contributed by atoms with E-state index in [2.05, 4.69) is 10.6 Å². The van der Waals surface area contributed by atoms with Gasteiger partial charge in [0.25, 0.3) is 5.91 Å². The van der Waals surface area contributed by atoms with Crippen molar-refractivity contribution in [3.63, 3.8) is 0 Å². The molecule has 19 heavy (non-hydrogen) atoms. The monoisotopic (exact) mass is 274 g/mol. The molecule has 2 amide bonds. The van der Waals surface area contributed by atoms with Crippen molar-refractivity contribution in [2.24, 2.45) is 0 Å². The minimum absolute atomic E-state index is 0.236. The molecule has 0 saturated carbocycles. The summed E-state index contributed by atoms with van der Waals surface area (Å²) in [6.45, 7) is 0. The van der Waals surface area contributed by atoms with Gasteiger partial charge in [-0.3, -0.25) is 9.59 Å². The van der Waals surface area contributed by atoms with E-state index in [0.717, 1.165) is 0 Å². The highest BCUT2D eigenvalue weighted by Crippen LogP contribution is 2.16. The van der Waals surface area contributed by atoms with Gasteiger partial charge in [-0.1, -0.05) is 17.7 Å². The summed E-state index contributed by atoms with van der Waals surface area (Å²) in [7, 11) is 0. The fraction of sp³-hybridized carbons (Fsp3) is 0. The van der Waals surface area contributed by atoms with Crippen molar-refractivity contribution >= 4 is 35.3 Å². The van der Waals surface area contributed by atoms with Gasteiger partial charge < -0.3 is 10.6 Å². The Morgan fingerprint density at radius 1 is 1.05 bits per heavy atom. The van der Waals surface area contributed by atoms with Gasteiger partial charge in [-0.25, -0.2) is 0 Å². The predicted octanol–water partition coefficient (Wildman–Crippen LogP) is 3.16. The lowest BCUT2D eigenvalue weighted by atomic mass is 10.2. The van der Waals surface area contributed by atoms with Crippen LogP contribution in [0.3, 0.4) is 0 Å². The number of carbonyl (C=O) groups is 2. The molecule has 0 bridgehead atoms. The molecule has 0 aliphatic carbocycles. The van der Waals surface area contributed by atoms with Crippen LogP contribution in [0.4, 0.5) is 11.4 Å². The average Bonchev–Trinajstić information content (AvgIpc) is 2.40. The maximum absolute atomic E-state index is 12.0. The topological polar surface area (TPSA) is 58.2 Å². The number of amides is 2. The first-order valence-electron chi connectivity index (χ1n) is 5.56. The van der Waals surface area contributed by atoms with Crippen LogP contribution in [-0.2, 0) is 4.79 Å². The van der Waals surface area contributed by atoms with E-state index in [4.69, 9.17) is 11.6 Å². The van der Waals surface area contributed by atoms with Crippen molar-refractivity contribution < 1.29 is 9.59 Å². The summed E-state index contributed by atoms with van der Waals surface area (Å²) in [4.78, 5) is 22.3. The number of rotatable bonds is 4. The van der Waals surface area contributed by atoms with Crippen LogP contribution in [0.1, 0.15) is 10.4 Å². The average molecular weight is 275 g/mol. The van der Waals surface area contributed by atoms with E-state index in [1.807, 2.05) is 0 Å². The summed E-state index contributed by atoms with van der Waals surface area (Å²) in [5.41, 5.74) is 1.73. The van der Waals surface area contributed by atoms with Crippen LogP contribution < -0.4 is 10.6 Å². The maximum Gasteiger partial charge on any atom is 0.255 e. The lowest BCUT2D eigenvalue weighted by molar-refractivity contribution is -0.105. The molecule has 4 nitrogen and oxygen atoms in total. The summed E-state index contributed by atoms with van der Waals surface area (Å²) in [6, 6.07) is 13.5. The zero-order valence-electron chi connectivity index (χ0n) is 9.89. The van der Waals surface area contributed by atoms with E-state index in [9.17, 15) is 9.59 Å². The van der Waals surface area contributed by atoms with Gasteiger partial charge >= 0.3 is 0 Å². The van der Waals surface area contributed by atoms with Gasteiger partial charge in [0.1, 0.15) is 0 Å². The van der Waals surface area contributed by atoms with E-state index in [1.54, 1.807) is 48.5 Å². The highest BCUT2D eigenvalue weighted by molar-refractivity contribution is 6.30. The van der Waals surface area contributed by atoms with Crippen molar-refractivity contribution in [2.75, 3.05) is 10.6 Å². The second-order valence-corrected chi connectivity index (χ2v) is 4.24. The molecule has 0 spiro atoms.